The van der Waals surface area contributed by atoms with E-state index in [0.717, 1.165) is 30.8 Å². The van der Waals surface area contributed by atoms with Crippen molar-refractivity contribution in [2.24, 2.45) is 5.10 Å². The summed E-state index contributed by atoms with van der Waals surface area (Å²) in [6.07, 6.45) is 2.54. The molecule has 0 aromatic heterocycles. The molecule has 2 rings (SSSR count). The first-order valence-corrected chi connectivity index (χ1v) is 11.5. The van der Waals surface area contributed by atoms with Crippen LogP contribution in [0.2, 0.25) is 0 Å². The predicted octanol–water partition coefficient (Wildman–Crippen LogP) is 3.19. The standard InChI is InChI=1S/C18H20Br2N4O3S/c1-23(2)17-9-4-13(10-16(17)20)11-21-22-18(25)12-24(28(3,26)27)15-7-5-14(19)6-8-15/h4-11H,12H2,1-3H3,(H,22,25)/b21-11-. The number of nitrogens with one attached hydrogen (secondary N) is 1. The molecule has 0 aliphatic rings. The summed E-state index contributed by atoms with van der Waals surface area (Å²) in [6.45, 7) is -0.374. The van der Waals surface area contributed by atoms with Crippen LogP contribution < -0.4 is 14.6 Å². The molecule has 0 aliphatic heterocycles. The van der Waals surface area contributed by atoms with Gasteiger partial charge in [-0.2, -0.15) is 5.10 Å². The average Bonchev–Trinajstić information content (AvgIpc) is 2.59. The van der Waals surface area contributed by atoms with Crippen molar-refractivity contribution in [3.05, 3.63) is 57.0 Å². The van der Waals surface area contributed by atoms with Crippen LogP contribution in [-0.2, 0) is 14.8 Å². The molecular formula is C18H20Br2N4O3S. The molecule has 10 heteroatoms. The van der Waals surface area contributed by atoms with E-state index in [1.807, 2.05) is 37.2 Å². The maximum Gasteiger partial charge on any atom is 0.260 e. The van der Waals surface area contributed by atoms with Crippen molar-refractivity contribution >= 4 is 65.4 Å². The van der Waals surface area contributed by atoms with E-state index in [1.54, 1.807) is 24.3 Å². The lowest BCUT2D eigenvalue weighted by Gasteiger charge is -2.21. The summed E-state index contributed by atoms with van der Waals surface area (Å²) in [5.41, 5.74) is 4.55. The SMILES string of the molecule is CN(C)c1ccc(/C=N\NC(=O)CN(c2ccc(Br)cc2)S(C)(=O)=O)cc1Br. The molecule has 0 radical (unpaired) electrons. The van der Waals surface area contributed by atoms with E-state index >= 15 is 0 Å². The van der Waals surface area contributed by atoms with Crippen LogP contribution in [0, 0.1) is 0 Å². The van der Waals surface area contributed by atoms with E-state index < -0.39 is 15.9 Å². The molecule has 0 aliphatic carbocycles. The zero-order valence-corrected chi connectivity index (χ0v) is 19.5. The van der Waals surface area contributed by atoms with E-state index in [0.29, 0.717) is 5.69 Å². The fourth-order valence-electron chi connectivity index (χ4n) is 2.32. The summed E-state index contributed by atoms with van der Waals surface area (Å²) in [4.78, 5) is 14.2. The number of carbonyl (C=O) groups excluding carboxylic acids is 1. The molecule has 0 atom stereocenters. The number of benzene rings is 2. The third-order valence-corrected chi connectivity index (χ3v) is 5.96. The fraction of sp³-hybridized carbons (Fsp3) is 0.222. The highest BCUT2D eigenvalue weighted by molar-refractivity contribution is 9.10. The van der Waals surface area contributed by atoms with Crippen molar-refractivity contribution in [3.8, 4) is 0 Å². The summed E-state index contributed by atoms with van der Waals surface area (Å²) in [7, 11) is 0.248. The van der Waals surface area contributed by atoms with Gasteiger partial charge in [0.1, 0.15) is 6.54 Å². The van der Waals surface area contributed by atoms with E-state index in [-0.39, 0.29) is 6.54 Å². The maximum atomic E-state index is 12.2. The van der Waals surface area contributed by atoms with Gasteiger partial charge in [-0.15, -0.1) is 0 Å². The van der Waals surface area contributed by atoms with Crippen molar-refractivity contribution in [1.29, 1.82) is 0 Å². The predicted molar refractivity (Wildman–Crippen MR) is 121 cm³/mol. The van der Waals surface area contributed by atoms with Crippen LogP contribution in [-0.4, -0.2) is 47.4 Å². The van der Waals surface area contributed by atoms with Crippen LogP contribution >= 0.6 is 31.9 Å². The Hall–Kier alpha value is -1.91. The van der Waals surface area contributed by atoms with Gasteiger partial charge in [0.25, 0.3) is 5.91 Å². The summed E-state index contributed by atoms with van der Waals surface area (Å²) in [6, 6.07) is 12.3. The van der Waals surface area contributed by atoms with Gasteiger partial charge in [0.2, 0.25) is 10.0 Å². The molecule has 0 saturated heterocycles. The number of nitrogens with zero attached hydrogens (tertiary/aromatic N) is 3. The van der Waals surface area contributed by atoms with E-state index in [1.165, 1.54) is 6.21 Å². The topological polar surface area (TPSA) is 82.1 Å². The normalized spacial score (nSPS) is 11.5. The quantitative estimate of drug-likeness (QED) is 0.439. The average molecular weight is 532 g/mol. The molecule has 28 heavy (non-hydrogen) atoms. The van der Waals surface area contributed by atoms with Gasteiger partial charge in [-0.3, -0.25) is 9.10 Å². The van der Waals surface area contributed by atoms with Crippen LogP contribution in [0.1, 0.15) is 5.56 Å². The number of carbonyl (C=O) groups is 1. The van der Waals surface area contributed by atoms with Gasteiger partial charge in [-0.1, -0.05) is 22.0 Å². The molecule has 2 aromatic carbocycles. The number of amides is 1. The Morgan fingerprint density at radius 3 is 2.32 bits per heavy atom. The number of halogens is 2. The van der Waals surface area contributed by atoms with E-state index in [4.69, 9.17) is 0 Å². The van der Waals surface area contributed by atoms with Crippen molar-refractivity contribution in [2.75, 3.05) is 36.1 Å². The number of anilines is 2. The molecule has 0 fully saturated rings. The van der Waals surface area contributed by atoms with Crippen LogP contribution in [0.5, 0.6) is 0 Å². The van der Waals surface area contributed by atoms with Gasteiger partial charge in [0.15, 0.2) is 0 Å². The van der Waals surface area contributed by atoms with Gasteiger partial charge in [-0.25, -0.2) is 13.8 Å². The monoisotopic (exact) mass is 530 g/mol. The van der Waals surface area contributed by atoms with Gasteiger partial charge in [0, 0.05) is 23.0 Å². The third-order valence-electron chi connectivity index (χ3n) is 3.66. The highest BCUT2D eigenvalue weighted by Gasteiger charge is 2.20. The van der Waals surface area contributed by atoms with Crippen LogP contribution in [0.25, 0.3) is 0 Å². The minimum atomic E-state index is -3.63. The van der Waals surface area contributed by atoms with Crippen LogP contribution in [0.15, 0.2) is 56.5 Å². The fourth-order valence-corrected chi connectivity index (χ4v) is 4.19. The second kappa shape index (κ2) is 9.53. The zero-order chi connectivity index (χ0) is 20.9. The highest BCUT2D eigenvalue weighted by Crippen LogP contribution is 2.25. The Bertz CT molecular complexity index is 977. The number of rotatable bonds is 7. The molecule has 150 valence electrons. The lowest BCUT2D eigenvalue weighted by Crippen LogP contribution is -2.39. The van der Waals surface area contributed by atoms with Gasteiger partial charge < -0.3 is 4.90 Å². The Balaban J connectivity index is 2.06. The summed E-state index contributed by atoms with van der Waals surface area (Å²) in [5, 5.41) is 3.91. The third kappa shape index (κ3) is 6.32. The first-order chi connectivity index (χ1) is 13.1. The largest absolute Gasteiger partial charge is 0.377 e. The van der Waals surface area contributed by atoms with Crippen molar-refractivity contribution < 1.29 is 13.2 Å². The second-order valence-electron chi connectivity index (χ2n) is 6.14. The molecular weight excluding hydrogens is 512 g/mol. The summed E-state index contributed by atoms with van der Waals surface area (Å²) in [5.74, 6) is -0.548. The number of hydrogen-bond acceptors (Lipinski definition) is 5. The minimum Gasteiger partial charge on any atom is -0.377 e. The number of sulfonamides is 1. The lowest BCUT2D eigenvalue weighted by molar-refractivity contribution is -0.119. The molecule has 0 saturated carbocycles. The number of hydrazone groups is 1. The molecule has 1 N–H and O–H groups in total. The van der Waals surface area contributed by atoms with Crippen molar-refractivity contribution in [1.82, 2.24) is 5.43 Å². The summed E-state index contributed by atoms with van der Waals surface area (Å²) >= 11 is 6.78. The Morgan fingerprint density at radius 2 is 1.79 bits per heavy atom. The van der Waals surface area contributed by atoms with Gasteiger partial charge in [0.05, 0.1) is 23.8 Å². The first kappa shape index (κ1) is 22.4. The van der Waals surface area contributed by atoms with Crippen molar-refractivity contribution in [2.45, 2.75) is 0 Å². The molecule has 0 bridgehead atoms. The molecule has 2 aromatic rings. The summed E-state index contributed by atoms with van der Waals surface area (Å²) < 4.78 is 26.8. The Labute approximate surface area is 181 Å². The van der Waals surface area contributed by atoms with Crippen LogP contribution in [0.3, 0.4) is 0 Å². The van der Waals surface area contributed by atoms with Crippen molar-refractivity contribution in [3.63, 3.8) is 0 Å². The maximum absolute atomic E-state index is 12.2. The van der Waals surface area contributed by atoms with Crippen LogP contribution in [0.4, 0.5) is 11.4 Å². The Kier molecular flexibility index (Phi) is 7.62. The highest BCUT2D eigenvalue weighted by atomic mass is 79.9. The lowest BCUT2D eigenvalue weighted by atomic mass is 10.2. The molecule has 0 heterocycles. The number of hydrogen-bond donors (Lipinski definition) is 1. The zero-order valence-electron chi connectivity index (χ0n) is 15.6. The smallest absolute Gasteiger partial charge is 0.260 e. The van der Waals surface area contributed by atoms with E-state index in [2.05, 4.69) is 42.4 Å². The van der Waals surface area contributed by atoms with E-state index in [9.17, 15) is 13.2 Å². The second-order valence-corrected chi connectivity index (χ2v) is 9.82. The first-order valence-electron chi connectivity index (χ1n) is 8.10. The minimum absolute atomic E-state index is 0.374. The molecule has 0 unspecified atom stereocenters. The Morgan fingerprint density at radius 1 is 1.14 bits per heavy atom. The molecule has 1 amide bonds. The molecule has 7 nitrogen and oxygen atoms in total. The molecule has 0 spiro atoms. The van der Waals surface area contributed by atoms with Gasteiger partial charge in [-0.05, 0) is 57.9 Å². The van der Waals surface area contributed by atoms with Gasteiger partial charge >= 0.3 is 0 Å².